The van der Waals surface area contributed by atoms with Gasteiger partial charge in [-0.1, -0.05) is 17.8 Å². The first-order valence-corrected chi connectivity index (χ1v) is 8.52. The van der Waals surface area contributed by atoms with Crippen molar-refractivity contribution in [2.45, 2.75) is 45.8 Å². The zero-order valence-corrected chi connectivity index (χ0v) is 15.2. The van der Waals surface area contributed by atoms with Crippen molar-refractivity contribution in [2.24, 2.45) is 0 Å². The van der Waals surface area contributed by atoms with Crippen molar-refractivity contribution in [2.75, 3.05) is 5.75 Å². The van der Waals surface area contributed by atoms with Crippen LogP contribution in [0.4, 0.5) is 0 Å². The van der Waals surface area contributed by atoms with Crippen molar-refractivity contribution < 1.29 is 14.1 Å². The van der Waals surface area contributed by atoms with Crippen LogP contribution in [0, 0.1) is 0 Å². The van der Waals surface area contributed by atoms with Crippen molar-refractivity contribution >= 4 is 30.1 Å². The molecule has 1 aliphatic rings. The average Bonchev–Trinajstić information content (AvgIpc) is 2.66. The zero-order valence-electron chi connectivity index (χ0n) is 14.4. The van der Waals surface area contributed by atoms with Crippen LogP contribution >= 0.6 is 11.8 Å². The maximum absolute atomic E-state index is 11.9. The van der Waals surface area contributed by atoms with E-state index >= 15 is 0 Å². The van der Waals surface area contributed by atoms with Gasteiger partial charge in [-0.15, -0.1) is 0 Å². The first kappa shape index (κ1) is 18.8. The van der Waals surface area contributed by atoms with E-state index in [1.165, 1.54) is 13.0 Å². The highest BCUT2D eigenvalue weighted by Crippen LogP contribution is 2.39. The molecule has 0 unspecified atom stereocenters. The summed E-state index contributed by atoms with van der Waals surface area (Å²) in [4.78, 5) is 34.7. The SMILES string of the molecule is CC(=O)SCC(=Cc1cc(=O)[nH][nH]c1=O)B1OC(C)(C)C(C)(C)O1. The molecule has 130 valence electrons. The Morgan fingerprint density at radius 1 is 1.21 bits per heavy atom. The molecule has 1 fully saturated rings. The van der Waals surface area contributed by atoms with Gasteiger partial charge in [0.15, 0.2) is 5.12 Å². The molecule has 0 atom stereocenters. The Morgan fingerprint density at radius 3 is 2.33 bits per heavy atom. The Kier molecular flexibility index (Phi) is 5.27. The fraction of sp³-hybridized carbons (Fsp3) is 0.533. The Hall–Kier alpha value is -1.58. The topological polar surface area (TPSA) is 101 Å². The van der Waals surface area contributed by atoms with E-state index in [0.717, 1.165) is 11.8 Å². The number of hydrogen-bond acceptors (Lipinski definition) is 6. The number of nitrogens with one attached hydrogen (secondary N) is 2. The number of carbonyl (C=O) groups is 1. The smallest absolute Gasteiger partial charge is 0.400 e. The molecular formula is C15H21BN2O5S. The zero-order chi connectivity index (χ0) is 18.1. The summed E-state index contributed by atoms with van der Waals surface area (Å²) in [5.41, 5.74) is -1.14. The van der Waals surface area contributed by atoms with E-state index in [2.05, 4.69) is 10.2 Å². The molecule has 1 aliphatic heterocycles. The summed E-state index contributed by atoms with van der Waals surface area (Å²) in [6, 6.07) is 1.20. The molecule has 9 heteroatoms. The van der Waals surface area contributed by atoms with Gasteiger partial charge in [-0.2, -0.15) is 0 Å². The molecular weight excluding hydrogens is 331 g/mol. The highest BCUT2D eigenvalue weighted by molar-refractivity contribution is 8.13. The summed E-state index contributed by atoms with van der Waals surface area (Å²) in [6.45, 7) is 9.14. The van der Waals surface area contributed by atoms with Crippen LogP contribution in [0.15, 0.2) is 21.1 Å². The summed E-state index contributed by atoms with van der Waals surface area (Å²) in [5, 5.41) is 4.43. The van der Waals surface area contributed by atoms with Gasteiger partial charge in [-0.25, -0.2) is 0 Å². The first-order chi connectivity index (χ1) is 11.0. The lowest BCUT2D eigenvalue weighted by atomic mass is 9.78. The fourth-order valence-corrected chi connectivity index (χ4v) is 2.69. The molecule has 1 aromatic rings. The van der Waals surface area contributed by atoms with Crippen LogP contribution in [-0.2, 0) is 14.1 Å². The van der Waals surface area contributed by atoms with Crippen LogP contribution in [0.2, 0.25) is 0 Å². The second-order valence-electron chi connectivity index (χ2n) is 6.63. The second kappa shape index (κ2) is 6.74. The maximum Gasteiger partial charge on any atom is 0.491 e. The quantitative estimate of drug-likeness (QED) is 0.794. The maximum atomic E-state index is 11.9. The van der Waals surface area contributed by atoms with Crippen molar-refractivity contribution in [3.05, 3.63) is 37.8 Å². The van der Waals surface area contributed by atoms with E-state index in [0.29, 0.717) is 11.2 Å². The van der Waals surface area contributed by atoms with Crippen molar-refractivity contribution in [3.8, 4) is 0 Å². The number of carbonyl (C=O) groups excluding carboxylic acids is 1. The average molecular weight is 352 g/mol. The monoisotopic (exact) mass is 352 g/mol. The highest BCUT2D eigenvalue weighted by atomic mass is 32.2. The van der Waals surface area contributed by atoms with E-state index in [1.807, 2.05) is 27.7 Å². The van der Waals surface area contributed by atoms with Gasteiger partial charge in [0.1, 0.15) is 0 Å². The fourth-order valence-electron chi connectivity index (χ4n) is 2.10. The van der Waals surface area contributed by atoms with Crippen LogP contribution in [0.1, 0.15) is 40.2 Å². The van der Waals surface area contributed by atoms with Gasteiger partial charge in [0.25, 0.3) is 11.1 Å². The van der Waals surface area contributed by atoms with Gasteiger partial charge in [0, 0.05) is 24.3 Å². The lowest BCUT2D eigenvalue weighted by Gasteiger charge is -2.32. The number of hydrogen-bond donors (Lipinski definition) is 2. The van der Waals surface area contributed by atoms with Crippen molar-refractivity contribution in [3.63, 3.8) is 0 Å². The lowest BCUT2D eigenvalue weighted by molar-refractivity contribution is -0.109. The molecule has 24 heavy (non-hydrogen) atoms. The van der Waals surface area contributed by atoms with E-state index in [1.54, 1.807) is 6.08 Å². The van der Waals surface area contributed by atoms with Gasteiger partial charge in [-0.3, -0.25) is 24.6 Å². The molecule has 0 radical (unpaired) electrons. The van der Waals surface area contributed by atoms with Gasteiger partial charge < -0.3 is 9.31 Å². The summed E-state index contributed by atoms with van der Waals surface area (Å²) in [6.07, 6.45) is 1.55. The molecule has 0 spiro atoms. The third-order valence-corrected chi connectivity index (χ3v) is 5.07. The predicted molar refractivity (Wildman–Crippen MR) is 94.9 cm³/mol. The van der Waals surface area contributed by atoms with Crippen molar-refractivity contribution in [1.82, 2.24) is 10.2 Å². The summed E-state index contributed by atoms with van der Waals surface area (Å²) in [5.74, 6) is 0.304. The molecule has 2 heterocycles. The van der Waals surface area contributed by atoms with Crippen LogP contribution in [0.5, 0.6) is 0 Å². The number of H-pyrrole nitrogens is 2. The summed E-state index contributed by atoms with van der Waals surface area (Å²) < 4.78 is 12.0. The number of aromatic nitrogens is 2. The minimum absolute atomic E-state index is 0.0581. The third-order valence-electron chi connectivity index (χ3n) is 4.19. The van der Waals surface area contributed by atoms with Gasteiger partial charge in [0.2, 0.25) is 0 Å². The van der Waals surface area contributed by atoms with Crippen LogP contribution < -0.4 is 11.1 Å². The second-order valence-corrected chi connectivity index (χ2v) is 7.78. The Labute approximate surface area is 144 Å². The van der Waals surface area contributed by atoms with E-state index in [4.69, 9.17) is 9.31 Å². The van der Waals surface area contributed by atoms with E-state index < -0.39 is 29.4 Å². The predicted octanol–water partition coefficient (Wildman–Crippen LogP) is 1.36. The van der Waals surface area contributed by atoms with E-state index in [-0.39, 0.29) is 10.7 Å². The largest absolute Gasteiger partial charge is 0.491 e. The number of thioether (sulfide) groups is 1. The minimum atomic E-state index is -0.694. The number of rotatable bonds is 4. The minimum Gasteiger partial charge on any atom is -0.400 e. The Bertz CT molecular complexity index is 765. The molecule has 0 saturated carbocycles. The van der Waals surface area contributed by atoms with E-state index in [9.17, 15) is 14.4 Å². The lowest BCUT2D eigenvalue weighted by Crippen LogP contribution is -2.41. The first-order valence-electron chi connectivity index (χ1n) is 7.53. The molecule has 7 nitrogen and oxygen atoms in total. The standard InChI is InChI=1S/C15H21BN2O5S/c1-9(19)24-8-11(6-10-7-12(20)17-18-13(10)21)16-22-14(2,3)15(4,5)23-16/h6-7H,8H2,1-5H3,(H,17,20)(H,18,21). The number of aromatic amines is 2. The molecule has 0 aromatic carbocycles. The molecule has 1 saturated heterocycles. The van der Waals surface area contributed by atoms with Crippen LogP contribution in [0.3, 0.4) is 0 Å². The van der Waals surface area contributed by atoms with Crippen LogP contribution in [0.25, 0.3) is 6.08 Å². The molecule has 1 aromatic heterocycles. The highest BCUT2D eigenvalue weighted by Gasteiger charge is 2.52. The molecule has 2 N–H and O–H groups in total. The van der Waals surface area contributed by atoms with Gasteiger partial charge in [0.05, 0.1) is 11.2 Å². The Balaban J connectivity index is 2.41. The normalized spacial score (nSPS) is 19.5. The molecule has 0 amide bonds. The van der Waals surface area contributed by atoms with Crippen molar-refractivity contribution in [1.29, 1.82) is 0 Å². The molecule has 2 rings (SSSR count). The summed E-state index contributed by atoms with van der Waals surface area (Å²) in [7, 11) is -0.694. The van der Waals surface area contributed by atoms with Crippen LogP contribution in [-0.4, -0.2) is 39.4 Å². The third kappa shape index (κ3) is 4.09. The van der Waals surface area contributed by atoms with Gasteiger partial charge >= 0.3 is 7.12 Å². The van der Waals surface area contributed by atoms with Gasteiger partial charge in [-0.05, 0) is 33.2 Å². The summed E-state index contributed by atoms with van der Waals surface area (Å²) >= 11 is 1.09. The molecule has 0 bridgehead atoms. The Morgan fingerprint density at radius 2 is 1.79 bits per heavy atom. The molecule has 0 aliphatic carbocycles.